The smallest absolute Gasteiger partial charge is 0.338 e. The molecule has 0 saturated heterocycles. The minimum Gasteiger partial charge on any atom is -0.462 e. The molecule has 0 amide bonds. The number of hydrogen-bond donors (Lipinski definition) is 1. The predicted molar refractivity (Wildman–Crippen MR) is 89.4 cm³/mol. The van der Waals surface area contributed by atoms with E-state index >= 15 is 0 Å². The molecule has 0 aliphatic carbocycles. The van der Waals surface area contributed by atoms with Gasteiger partial charge in [0.2, 0.25) is 0 Å². The minimum atomic E-state index is -3.72. The van der Waals surface area contributed by atoms with E-state index in [2.05, 4.69) is 4.72 Å². The van der Waals surface area contributed by atoms with E-state index < -0.39 is 16.0 Å². The summed E-state index contributed by atoms with van der Waals surface area (Å²) in [6.07, 6.45) is 0. The fraction of sp³-hybridized carbons (Fsp3) is 0.188. The molecular weight excluding hydrogens is 338 g/mol. The summed E-state index contributed by atoms with van der Waals surface area (Å²) < 4.78 is 32.0. The normalized spacial score (nSPS) is 11.1. The molecular formula is C16H16ClNO4S. The van der Waals surface area contributed by atoms with Crippen LogP contribution >= 0.6 is 11.6 Å². The van der Waals surface area contributed by atoms with Crippen LogP contribution in [0.2, 0.25) is 5.02 Å². The van der Waals surface area contributed by atoms with Gasteiger partial charge in [-0.3, -0.25) is 4.72 Å². The zero-order valence-electron chi connectivity index (χ0n) is 12.7. The van der Waals surface area contributed by atoms with Crippen LogP contribution in [-0.4, -0.2) is 21.0 Å². The average molecular weight is 354 g/mol. The molecule has 0 fully saturated rings. The van der Waals surface area contributed by atoms with Crippen LogP contribution in [0.1, 0.15) is 22.8 Å². The number of halogens is 1. The van der Waals surface area contributed by atoms with Crippen molar-refractivity contribution >= 4 is 33.3 Å². The van der Waals surface area contributed by atoms with E-state index in [1.807, 2.05) is 0 Å². The van der Waals surface area contributed by atoms with Crippen molar-refractivity contribution in [1.82, 2.24) is 0 Å². The van der Waals surface area contributed by atoms with Gasteiger partial charge in [-0.05, 0) is 61.9 Å². The zero-order valence-corrected chi connectivity index (χ0v) is 14.2. The fourth-order valence-electron chi connectivity index (χ4n) is 1.89. The van der Waals surface area contributed by atoms with Crippen LogP contribution in [0.4, 0.5) is 5.69 Å². The number of anilines is 1. The molecule has 0 radical (unpaired) electrons. The highest BCUT2D eigenvalue weighted by Gasteiger charge is 2.15. The van der Waals surface area contributed by atoms with Gasteiger partial charge in [-0.25, -0.2) is 13.2 Å². The van der Waals surface area contributed by atoms with E-state index in [1.165, 1.54) is 42.5 Å². The molecule has 5 nitrogen and oxygen atoms in total. The Morgan fingerprint density at radius 1 is 1.17 bits per heavy atom. The number of ether oxygens (including phenoxy) is 1. The number of nitrogens with one attached hydrogen (secondary N) is 1. The predicted octanol–water partition coefficient (Wildman–Crippen LogP) is 3.63. The van der Waals surface area contributed by atoms with Crippen LogP contribution in [-0.2, 0) is 14.8 Å². The molecule has 23 heavy (non-hydrogen) atoms. The summed E-state index contributed by atoms with van der Waals surface area (Å²) in [5.74, 6) is -0.449. The van der Waals surface area contributed by atoms with Crippen molar-refractivity contribution in [2.24, 2.45) is 0 Å². The van der Waals surface area contributed by atoms with E-state index in [0.29, 0.717) is 21.8 Å². The maximum absolute atomic E-state index is 12.3. The lowest BCUT2D eigenvalue weighted by molar-refractivity contribution is 0.0526. The van der Waals surface area contributed by atoms with Crippen LogP contribution in [0.5, 0.6) is 0 Å². The van der Waals surface area contributed by atoms with Crippen molar-refractivity contribution < 1.29 is 17.9 Å². The summed E-state index contributed by atoms with van der Waals surface area (Å²) in [5.41, 5.74) is 1.38. The second-order valence-corrected chi connectivity index (χ2v) is 6.90. The second-order valence-electron chi connectivity index (χ2n) is 4.81. The van der Waals surface area contributed by atoms with Crippen LogP contribution in [0, 0.1) is 6.92 Å². The van der Waals surface area contributed by atoms with Crippen LogP contribution in [0.3, 0.4) is 0 Å². The Morgan fingerprint density at radius 3 is 2.39 bits per heavy atom. The van der Waals surface area contributed by atoms with E-state index in [4.69, 9.17) is 16.3 Å². The molecule has 0 aliphatic heterocycles. The average Bonchev–Trinajstić information content (AvgIpc) is 2.50. The standard InChI is InChI=1S/C16H16ClNO4S/c1-3-22-16(19)12-4-6-13(7-5-12)18-23(20,21)14-8-9-15(17)11(2)10-14/h4-10,18H,3H2,1-2H3. The van der Waals surface area contributed by atoms with Gasteiger partial charge in [0.05, 0.1) is 17.1 Å². The van der Waals surface area contributed by atoms with Gasteiger partial charge in [-0.15, -0.1) is 0 Å². The van der Waals surface area contributed by atoms with Crippen LogP contribution in [0.25, 0.3) is 0 Å². The Hall–Kier alpha value is -2.05. The van der Waals surface area contributed by atoms with Gasteiger partial charge in [0, 0.05) is 10.7 Å². The first-order valence-electron chi connectivity index (χ1n) is 6.89. The van der Waals surface area contributed by atoms with Crippen molar-refractivity contribution in [2.45, 2.75) is 18.7 Å². The topological polar surface area (TPSA) is 72.5 Å². The fourth-order valence-corrected chi connectivity index (χ4v) is 3.15. The zero-order chi connectivity index (χ0) is 17.0. The third-order valence-electron chi connectivity index (χ3n) is 3.09. The van der Waals surface area contributed by atoms with Crippen LogP contribution < -0.4 is 4.72 Å². The molecule has 2 aromatic carbocycles. The summed E-state index contributed by atoms with van der Waals surface area (Å²) in [6.45, 7) is 3.73. The lowest BCUT2D eigenvalue weighted by Crippen LogP contribution is -2.13. The molecule has 0 unspecified atom stereocenters. The number of benzene rings is 2. The molecule has 0 heterocycles. The van der Waals surface area contributed by atoms with Crippen molar-refractivity contribution in [3.63, 3.8) is 0 Å². The number of rotatable bonds is 5. The van der Waals surface area contributed by atoms with E-state index in [0.717, 1.165) is 0 Å². The van der Waals surface area contributed by atoms with Gasteiger partial charge in [0.15, 0.2) is 0 Å². The summed E-state index contributed by atoms with van der Waals surface area (Å²) in [7, 11) is -3.72. The number of esters is 1. The van der Waals surface area contributed by atoms with Gasteiger partial charge in [0.25, 0.3) is 10.0 Å². The Morgan fingerprint density at radius 2 is 1.83 bits per heavy atom. The van der Waals surface area contributed by atoms with Gasteiger partial charge in [-0.2, -0.15) is 0 Å². The summed E-state index contributed by atoms with van der Waals surface area (Å²) in [4.78, 5) is 11.7. The minimum absolute atomic E-state index is 0.119. The molecule has 0 atom stereocenters. The highest BCUT2D eigenvalue weighted by atomic mass is 35.5. The lowest BCUT2D eigenvalue weighted by Gasteiger charge is -2.10. The largest absolute Gasteiger partial charge is 0.462 e. The first kappa shape index (κ1) is 17.3. The Balaban J connectivity index is 2.20. The van der Waals surface area contributed by atoms with E-state index in [9.17, 15) is 13.2 Å². The first-order valence-corrected chi connectivity index (χ1v) is 8.76. The number of carbonyl (C=O) groups is 1. The molecule has 0 bridgehead atoms. The third-order valence-corrected chi connectivity index (χ3v) is 4.89. The maximum atomic E-state index is 12.3. The maximum Gasteiger partial charge on any atom is 0.338 e. The summed E-state index contributed by atoms with van der Waals surface area (Å²) >= 11 is 5.90. The highest BCUT2D eigenvalue weighted by Crippen LogP contribution is 2.22. The van der Waals surface area contributed by atoms with Crippen molar-refractivity contribution in [2.75, 3.05) is 11.3 Å². The first-order chi connectivity index (χ1) is 10.8. The molecule has 0 aliphatic rings. The summed E-state index contributed by atoms with van der Waals surface area (Å²) in [5, 5.41) is 0.503. The highest BCUT2D eigenvalue weighted by molar-refractivity contribution is 7.92. The van der Waals surface area contributed by atoms with Gasteiger partial charge in [-0.1, -0.05) is 11.6 Å². The molecule has 7 heteroatoms. The third kappa shape index (κ3) is 4.24. The number of carbonyl (C=O) groups excluding carboxylic acids is 1. The van der Waals surface area contributed by atoms with E-state index in [-0.39, 0.29) is 11.5 Å². The van der Waals surface area contributed by atoms with Gasteiger partial charge in [0.1, 0.15) is 0 Å². The monoisotopic (exact) mass is 353 g/mol. The molecule has 0 saturated carbocycles. The molecule has 0 aromatic heterocycles. The van der Waals surface area contributed by atoms with Crippen molar-refractivity contribution in [3.8, 4) is 0 Å². The lowest BCUT2D eigenvalue weighted by atomic mass is 10.2. The Bertz CT molecular complexity index is 816. The quantitative estimate of drug-likeness (QED) is 0.833. The molecule has 122 valence electrons. The molecule has 2 rings (SSSR count). The second kappa shape index (κ2) is 7.02. The van der Waals surface area contributed by atoms with Crippen LogP contribution in [0.15, 0.2) is 47.4 Å². The molecule has 0 spiro atoms. The SMILES string of the molecule is CCOC(=O)c1ccc(NS(=O)(=O)c2ccc(Cl)c(C)c2)cc1. The number of sulfonamides is 1. The van der Waals surface area contributed by atoms with Crippen molar-refractivity contribution in [1.29, 1.82) is 0 Å². The summed E-state index contributed by atoms with van der Waals surface area (Å²) in [6, 6.07) is 10.5. The Kier molecular flexibility index (Phi) is 5.28. The number of hydrogen-bond acceptors (Lipinski definition) is 4. The van der Waals surface area contributed by atoms with Crippen molar-refractivity contribution in [3.05, 3.63) is 58.6 Å². The Labute approximate surface area is 140 Å². The molecule has 1 N–H and O–H groups in total. The van der Waals surface area contributed by atoms with Gasteiger partial charge >= 0.3 is 5.97 Å². The van der Waals surface area contributed by atoms with Gasteiger partial charge < -0.3 is 4.74 Å². The van der Waals surface area contributed by atoms with E-state index in [1.54, 1.807) is 13.8 Å². The number of aryl methyl sites for hydroxylation is 1. The molecule has 2 aromatic rings.